The lowest BCUT2D eigenvalue weighted by molar-refractivity contribution is 0.104. The number of rotatable bonds is 2. The molecule has 2 N–H and O–H groups in total. The summed E-state index contributed by atoms with van der Waals surface area (Å²) >= 11 is 0. The molecule has 1 aliphatic carbocycles. The van der Waals surface area contributed by atoms with Crippen LogP contribution in [-0.4, -0.2) is 35.0 Å². The Morgan fingerprint density at radius 3 is 2.40 bits per heavy atom. The van der Waals surface area contributed by atoms with Crippen LogP contribution in [0.2, 0.25) is 0 Å². The molecular weight excluding hydrogens is 254 g/mol. The van der Waals surface area contributed by atoms with E-state index < -0.39 is 0 Å². The quantitative estimate of drug-likeness (QED) is 0.750. The monoisotopic (exact) mass is 269 g/mol. The van der Waals surface area contributed by atoms with Crippen molar-refractivity contribution in [2.45, 2.75) is 6.54 Å². The van der Waals surface area contributed by atoms with E-state index in [0.29, 0.717) is 28.8 Å². The molecule has 4 heteroatoms. The maximum Gasteiger partial charge on any atom is 0.194 e. The average molecular weight is 269 g/mol. The smallest absolute Gasteiger partial charge is 0.194 e. The summed E-state index contributed by atoms with van der Waals surface area (Å²) in [6.45, 7) is 0.598. The molecule has 102 valence electrons. The fraction of sp³-hybridized carbons (Fsp3) is 0.188. The van der Waals surface area contributed by atoms with E-state index in [1.807, 2.05) is 19.0 Å². The molecule has 20 heavy (non-hydrogen) atoms. The lowest BCUT2D eigenvalue weighted by Gasteiger charge is -2.13. The van der Waals surface area contributed by atoms with Gasteiger partial charge in [-0.1, -0.05) is 6.07 Å². The highest BCUT2D eigenvalue weighted by molar-refractivity contribution is 6.22. The van der Waals surface area contributed by atoms with E-state index in [1.165, 1.54) is 12.1 Å². The number of phenolic OH excluding ortho intramolecular Hbond substituents is 2. The largest absolute Gasteiger partial charge is 0.508 e. The number of ketones is 1. The Hall–Kier alpha value is -2.33. The summed E-state index contributed by atoms with van der Waals surface area (Å²) in [6.07, 6.45) is 0. The van der Waals surface area contributed by atoms with Crippen molar-refractivity contribution in [1.29, 1.82) is 0 Å². The van der Waals surface area contributed by atoms with E-state index in [4.69, 9.17) is 0 Å². The van der Waals surface area contributed by atoms with E-state index in [0.717, 1.165) is 5.56 Å². The molecule has 0 aromatic heterocycles. The minimum atomic E-state index is -0.155. The van der Waals surface area contributed by atoms with Crippen molar-refractivity contribution < 1.29 is 15.0 Å². The molecule has 2 aromatic carbocycles. The molecule has 3 rings (SSSR count). The molecule has 0 unspecified atom stereocenters. The number of fused-ring (bicyclic) bond motifs is 3. The molecule has 0 spiro atoms. The molecule has 0 saturated carbocycles. The first-order valence-corrected chi connectivity index (χ1v) is 6.36. The number of carbonyl (C=O) groups is 1. The molecule has 1 aliphatic rings. The molecule has 0 fully saturated rings. The summed E-state index contributed by atoms with van der Waals surface area (Å²) in [5.74, 6) is 0.0458. The fourth-order valence-corrected chi connectivity index (χ4v) is 2.65. The Balaban J connectivity index is 2.23. The second-order valence-electron chi connectivity index (χ2n) is 5.29. The zero-order valence-corrected chi connectivity index (χ0v) is 11.3. The zero-order valence-electron chi connectivity index (χ0n) is 11.3. The Bertz CT molecular complexity index is 720. The summed E-state index contributed by atoms with van der Waals surface area (Å²) in [4.78, 5) is 14.2. The van der Waals surface area contributed by atoms with Crippen LogP contribution >= 0.6 is 0 Å². The van der Waals surface area contributed by atoms with Gasteiger partial charge in [0.05, 0.1) is 0 Å². The number of hydrogen-bond acceptors (Lipinski definition) is 4. The van der Waals surface area contributed by atoms with Crippen molar-refractivity contribution in [2.75, 3.05) is 14.1 Å². The van der Waals surface area contributed by atoms with Gasteiger partial charge < -0.3 is 15.1 Å². The molecule has 0 bridgehead atoms. The summed E-state index contributed by atoms with van der Waals surface area (Å²) in [6, 6.07) is 8.17. The van der Waals surface area contributed by atoms with Crippen molar-refractivity contribution in [3.63, 3.8) is 0 Å². The number of carbonyl (C=O) groups excluding carboxylic acids is 1. The molecule has 0 aliphatic heterocycles. The van der Waals surface area contributed by atoms with Gasteiger partial charge in [0.2, 0.25) is 0 Å². The molecule has 0 atom stereocenters. The summed E-state index contributed by atoms with van der Waals surface area (Å²) in [5.41, 5.74) is 2.97. The van der Waals surface area contributed by atoms with Crippen LogP contribution in [0, 0.1) is 0 Å². The predicted molar refractivity (Wildman–Crippen MR) is 76.0 cm³/mol. The van der Waals surface area contributed by atoms with Crippen LogP contribution in [0.3, 0.4) is 0 Å². The molecule has 0 radical (unpaired) electrons. The van der Waals surface area contributed by atoms with Gasteiger partial charge in [-0.05, 0) is 43.9 Å². The van der Waals surface area contributed by atoms with Gasteiger partial charge in [0, 0.05) is 28.8 Å². The van der Waals surface area contributed by atoms with Gasteiger partial charge in [0.1, 0.15) is 11.5 Å². The number of phenols is 2. The van der Waals surface area contributed by atoms with Crippen molar-refractivity contribution in [2.24, 2.45) is 0 Å². The summed E-state index contributed by atoms with van der Waals surface area (Å²) in [7, 11) is 3.84. The molecular formula is C16H15NO3. The highest BCUT2D eigenvalue weighted by Crippen LogP contribution is 2.44. The highest BCUT2D eigenvalue weighted by atomic mass is 16.3. The number of nitrogens with zero attached hydrogens (tertiary/aromatic N) is 1. The van der Waals surface area contributed by atoms with Crippen molar-refractivity contribution in [1.82, 2.24) is 4.90 Å². The van der Waals surface area contributed by atoms with Gasteiger partial charge in [-0.25, -0.2) is 0 Å². The third kappa shape index (κ3) is 1.77. The Labute approximate surface area is 116 Å². The Morgan fingerprint density at radius 2 is 1.70 bits per heavy atom. The third-order valence-corrected chi connectivity index (χ3v) is 3.51. The molecule has 4 nitrogen and oxygen atoms in total. The van der Waals surface area contributed by atoms with Crippen molar-refractivity contribution in [3.05, 3.63) is 47.0 Å². The van der Waals surface area contributed by atoms with Crippen LogP contribution in [0.5, 0.6) is 11.5 Å². The lowest BCUT2D eigenvalue weighted by atomic mass is 10.0. The fourth-order valence-electron chi connectivity index (χ4n) is 2.65. The number of benzene rings is 2. The second kappa shape index (κ2) is 4.35. The van der Waals surface area contributed by atoms with Crippen LogP contribution < -0.4 is 0 Å². The first-order chi connectivity index (χ1) is 9.49. The minimum Gasteiger partial charge on any atom is -0.508 e. The van der Waals surface area contributed by atoms with Gasteiger partial charge in [-0.3, -0.25) is 4.79 Å². The highest BCUT2D eigenvalue weighted by Gasteiger charge is 2.30. The SMILES string of the molecule is CN(C)Cc1ccc2c(c1O)-c1ccc(O)cc1C2=O. The number of hydrogen-bond donors (Lipinski definition) is 2. The van der Waals surface area contributed by atoms with Crippen LogP contribution in [0.15, 0.2) is 30.3 Å². The number of aromatic hydroxyl groups is 2. The third-order valence-electron chi connectivity index (χ3n) is 3.51. The Morgan fingerprint density at radius 1 is 1.00 bits per heavy atom. The van der Waals surface area contributed by atoms with Crippen molar-refractivity contribution >= 4 is 5.78 Å². The van der Waals surface area contributed by atoms with Crippen LogP contribution in [0.4, 0.5) is 0 Å². The molecule has 0 heterocycles. The molecule has 0 amide bonds. The summed E-state index contributed by atoms with van der Waals surface area (Å²) in [5, 5.41) is 20.0. The first-order valence-electron chi connectivity index (χ1n) is 6.36. The van der Waals surface area contributed by atoms with Crippen molar-refractivity contribution in [3.8, 4) is 22.6 Å². The van der Waals surface area contributed by atoms with Crippen LogP contribution in [0.1, 0.15) is 21.5 Å². The topological polar surface area (TPSA) is 60.8 Å². The normalized spacial score (nSPS) is 12.7. The van der Waals surface area contributed by atoms with Gasteiger partial charge in [0.15, 0.2) is 5.78 Å². The predicted octanol–water partition coefficient (Wildman–Crippen LogP) is 2.37. The average Bonchev–Trinajstić information content (AvgIpc) is 2.66. The lowest BCUT2D eigenvalue weighted by Crippen LogP contribution is -2.11. The maximum absolute atomic E-state index is 12.3. The van der Waals surface area contributed by atoms with E-state index in [9.17, 15) is 15.0 Å². The van der Waals surface area contributed by atoms with E-state index in [2.05, 4.69) is 0 Å². The van der Waals surface area contributed by atoms with E-state index >= 15 is 0 Å². The standard InChI is InChI=1S/C16H15NO3/c1-17(2)8-9-3-5-12-14(15(9)19)11-6-4-10(18)7-13(11)16(12)20/h3-7,18-19H,8H2,1-2H3. The summed E-state index contributed by atoms with van der Waals surface area (Å²) < 4.78 is 0. The van der Waals surface area contributed by atoms with Gasteiger partial charge in [-0.15, -0.1) is 0 Å². The zero-order chi connectivity index (χ0) is 14.4. The second-order valence-corrected chi connectivity index (χ2v) is 5.29. The Kier molecular flexibility index (Phi) is 2.76. The van der Waals surface area contributed by atoms with E-state index in [-0.39, 0.29) is 17.3 Å². The van der Waals surface area contributed by atoms with Crippen LogP contribution in [0.25, 0.3) is 11.1 Å². The van der Waals surface area contributed by atoms with Gasteiger partial charge in [0.25, 0.3) is 0 Å². The van der Waals surface area contributed by atoms with Gasteiger partial charge >= 0.3 is 0 Å². The first kappa shape index (κ1) is 12.7. The maximum atomic E-state index is 12.3. The molecule has 2 aromatic rings. The van der Waals surface area contributed by atoms with E-state index in [1.54, 1.807) is 18.2 Å². The van der Waals surface area contributed by atoms with Gasteiger partial charge in [-0.2, -0.15) is 0 Å². The minimum absolute atomic E-state index is 0.0536. The van der Waals surface area contributed by atoms with Crippen LogP contribution in [-0.2, 0) is 6.54 Å². The molecule has 0 saturated heterocycles.